The molecule has 26 heavy (non-hydrogen) atoms. The molecule has 0 fully saturated rings. The van der Waals surface area contributed by atoms with Gasteiger partial charge in [0.15, 0.2) is 6.61 Å². The molecule has 4 nitrogen and oxygen atoms in total. The van der Waals surface area contributed by atoms with Crippen LogP contribution in [0.2, 0.25) is 0 Å². The highest BCUT2D eigenvalue weighted by molar-refractivity contribution is 5.89. The van der Waals surface area contributed by atoms with E-state index in [0.29, 0.717) is 6.54 Å². The monoisotopic (exact) mass is 351 g/mol. The van der Waals surface area contributed by atoms with Gasteiger partial charge < -0.3 is 9.64 Å². The minimum absolute atomic E-state index is 0.234. The van der Waals surface area contributed by atoms with Crippen LogP contribution in [-0.4, -0.2) is 30.4 Å². The average molecular weight is 351 g/mol. The number of esters is 1. The van der Waals surface area contributed by atoms with Crippen LogP contribution in [0, 0.1) is 20.8 Å². The van der Waals surface area contributed by atoms with Gasteiger partial charge in [-0.05, 0) is 49.1 Å². The summed E-state index contributed by atoms with van der Waals surface area (Å²) in [4.78, 5) is 25.6. The van der Waals surface area contributed by atoms with Gasteiger partial charge in [0.05, 0.1) is 0 Å². The van der Waals surface area contributed by atoms with Crippen LogP contribution in [0.25, 0.3) is 6.08 Å². The van der Waals surface area contributed by atoms with Crippen LogP contribution in [0.1, 0.15) is 27.8 Å². The normalized spacial score (nSPS) is 10.8. The van der Waals surface area contributed by atoms with E-state index >= 15 is 0 Å². The lowest BCUT2D eigenvalue weighted by atomic mass is 10.1. The molecule has 0 saturated carbocycles. The maximum atomic E-state index is 12.2. The Balaban J connectivity index is 1.85. The van der Waals surface area contributed by atoms with Gasteiger partial charge in [0.2, 0.25) is 0 Å². The molecule has 136 valence electrons. The third-order valence-electron chi connectivity index (χ3n) is 4.26. The van der Waals surface area contributed by atoms with Crippen molar-refractivity contribution in [2.24, 2.45) is 0 Å². The SMILES string of the molecule is Cc1ccc(CN(C)C(=O)COC(=O)/C=C/c2ccccc2C)c(C)c1. The third-order valence-corrected chi connectivity index (χ3v) is 4.26. The van der Waals surface area contributed by atoms with Gasteiger partial charge in [-0.1, -0.05) is 48.0 Å². The van der Waals surface area contributed by atoms with Crippen molar-refractivity contribution in [1.29, 1.82) is 0 Å². The van der Waals surface area contributed by atoms with Gasteiger partial charge in [0.25, 0.3) is 5.91 Å². The van der Waals surface area contributed by atoms with Crippen LogP contribution in [0.5, 0.6) is 0 Å². The summed E-state index contributed by atoms with van der Waals surface area (Å²) < 4.78 is 5.06. The number of carbonyl (C=O) groups excluding carboxylic acids is 2. The molecular formula is C22H25NO3. The molecule has 1 amide bonds. The van der Waals surface area contributed by atoms with Crippen molar-refractivity contribution in [2.45, 2.75) is 27.3 Å². The lowest BCUT2D eigenvalue weighted by Crippen LogP contribution is -2.30. The summed E-state index contributed by atoms with van der Waals surface area (Å²) in [5, 5.41) is 0. The lowest BCUT2D eigenvalue weighted by molar-refractivity contribution is -0.147. The molecule has 0 heterocycles. The van der Waals surface area contributed by atoms with Crippen LogP contribution in [0.4, 0.5) is 0 Å². The first-order chi connectivity index (χ1) is 12.4. The molecular weight excluding hydrogens is 326 g/mol. The average Bonchev–Trinajstić information content (AvgIpc) is 2.61. The first kappa shape index (κ1) is 19.4. The zero-order valence-electron chi connectivity index (χ0n) is 15.8. The van der Waals surface area contributed by atoms with Crippen molar-refractivity contribution in [2.75, 3.05) is 13.7 Å². The van der Waals surface area contributed by atoms with Crippen molar-refractivity contribution < 1.29 is 14.3 Å². The predicted octanol–water partition coefficient (Wildman–Crippen LogP) is 3.83. The Hall–Kier alpha value is -2.88. The molecule has 0 radical (unpaired) electrons. The summed E-state index contributed by atoms with van der Waals surface area (Å²) in [6.45, 7) is 6.25. The molecule has 2 aromatic carbocycles. The Morgan fingerprint density at radius 2 is 1.77 bits per heavy atom. The molecule has 0 bridgehead atoms. The molecule has 0 aliphatic heterocycles. The topological polar surface area (TPSA) is 46.6 Å². The molecule has 0 unspecified atom stereocenters. The van der Waals surface area contributed by atoms with E-state index in [1.165, 1.54) is 11.6 Å². The van der Waals surface area contributed by atoms with Crippen molar-refractivity contribution in [3.63, 3.8) is 0 Å². The van der Waals surface area contributed by atoms with Crippen molar-refractivity contribution in [1.82, 2.24) is 4.90 Å². The van der Waals surface area contributed by atoms with E-state index in [1.807, 2.05) is 57.2 Å². The maximum Gasteiger partial charge on any atom is 0.331 e. The highest BCUT2D eigenvalue weighted by Crippen LogP contribution is 2.13. The molecule has 0 saturated heterocycles. The zero-order valence-corrected chi connectivity index (χ0v) is 15.8. The molecule has 2 aromatic rings. The number of hydrogen-bond acceptors (Lipinski definition) is 3. The van der Waals surface area contributed by atoms with Gasteiger partial charge in [-0.2, -0.15) is 0 Å². The van der Waals surface area contributed by atoms with Gasteiger partial charge in [-0.3, -0.25) is 4.79 Å². The quantitative estimate of drug-likeness (QED) is 0.587. The number of likely N-dealkylation sites (N-methyl/N-ethyl adjacent to an activating group) is 1. The molecule has 0 N–H and O–H groups in total. The Morgan fingerprint density at radius 1 is 1.04 bits per heavy atom. The first-order valence-corrected chi connectivity index (χ1v) is 8.57. The van der Waals surface area contributed by atoms with E-state index in [1.54, 1.807) is 18.0 Å². The van der Waals surface area contributed by atoms with Crippen LogP contribution in [-0.2, 0) is 20.9 Å². The Morgan fingerprint density at radius 3 is 2.46 bits per heavy atom. The summed E-state index contributed by atoms with van der Waals surface area (Å²) in [6.07, 6.45) is 3.04. The highest BCUT2D eigenvalue weighted by Gasteiger charge is 2.12. The second-order valence-corrected chi connectivity index (χ2v) is 6.48. The molecule has 0 aliphatic carbocycles. The molecule has 0 aliphatic rings. The number of amides is 1. The van der Waals surface area contributed by atoms with Crippen LogP contribution >= 0.6 is 0 Å². The number of ether oxygens (including phenoxy) is 1. The van der Waals surface area contributed by atoms with Gasteiger partial charge in [0.1, 0.15) is 0 Å². The summed E-state index contributed by atoms with van der Waals surface area (Å²) in [5.74, 6) is -0.760. The summed E-state index contributed by atoms with van der Waals surface area (Å²) in [5.41, 5.74) is 5.43. The van der Waals surface area contributed by atoms with Gasteiger partial charge in [-0.15, -0.1) is 0 Å². The molecule has 0 atom stereocenters. The van der Waals surface area contributed by atoms with Gasteiger partial charge in [0, 0.05) is 19.7 Å². The lowest BCUT2D eigenvalue weighted by Gasteiger charge is -2.18. The van der Waals surface area contributed by atoms with Crippen LogP contribution < -0.4 is 0 Å². The van der Waals surface area contributed by atoms with Gasteiger partial charge >= 0.3 is 5.97 Å². The number of nitrogens with zero attached hydrogens (tertiary/aromatic N) is 1. The van der Waals surface area contributed by atoms with E-state index < -0.39 is 5.97 Å². The fourth-order valence-electron chi connectivity index (χ4n) is 2.59. The largest absolute Gasteiger partial charge is 0.452 e. The number of aryl methyl sites for hydroxylation is 3. The van der Waals surface area contributed by atoms with E-state index in [0.717, 1.165) is 22.3 Å². The predicted molar refractivity (Wildman–Crippen MR) is 104 cm³/mol. The van der Waals surface area contributed by atoms with E-state index in [4.69, 9.17) is 4.74 Å². The molecule has 0 aromatic heterocycles. The van der Waals surface area contributed by atoms with Gasteiger partial charge in [-0.25, -0.2) is 4.79 Å². The van der Waals surface area contributed by atoms with Crippen molar-refractivity contribution >= 4 is 18.0 Å². The summed E-state index contributed by atoms with van der Waals surface area (Å²) >= 11 is 0. The molecule has 2 rings (SSSR count). The smallest absolute Gasteiger partial charge is 0.331 e. The van der Waals surface area contributed by atoms with Crippen molar-refractivity contribution in [3.05, 3.63) is 76.4 Å². The highest BCUT2D eigenvalue weighted by atomic mass is 16.5. The Kier molecular flexibility index (Phi) is 6.73. The first-order valence-electron chi connectivity index (χ1n) is 8.57. The summed E-state index contributed by atoms with van der Waals surface area (Å²) in [7, 11) is 1.71. The maximum absolute atomic E-state index is 12.2. The number of carbonyl (C=O) groups is 2. The van der Waals surface area contributed by atoms with E-state index in [9.17, 15) is 9.59 Å². The third kappa shape index (κ3) is 5.59. The minimum Gasteiger partial charge on any atom is -0.452 e. The zero-order chi connectivity index (χ0) is 19.1. The fraction of sp³-hybridized carbons (Fsp3) is 0.273. The van der Waals surface area contributed by atoms with Crippen LogP contribution in [0.3, 0.4) is 0 Å². The minimum atomic E-state index is -0.526. The van der Waals surface area contributed by atoms with Crippen LogP contribution in [0.15, 0.2) is 48.5 Å². The van der Waals surface area contributed by atoms with E-state index in [-0.39, 0.29) is 12.5 Å². The second-order valence-electron chi connectivity index (χ2n) is 6.48. The number of hydrogen-bond donors (Lipinski definition) is 0. The van der Waals surface area contributed by atoms with E-state index in [2.05, 4.69) is 6.07 Å². The Labute approximate surface area is 155 Å². The second kappa shape index (κ2) is 8.99. The molecule has 0 spiro atoms. The number of rotatable bonds is 6. The summed E-state index contributed by atoms with van der Waals surface area (Å²) in [6, 6.07) is 13.9. The Bertz CT molecular complexity index is 824. The fourth-order valence-corrected chi connectivity index (χ4v) is 2.59. The number of benzene rings is 2. The molecule has 4 heteroatoms. The van der Waals surface area contributed by atoms with Crippen molar-refractivity contribution in [3.8, 4) is 0 Å². The standard InChI is InChI=1S/C22H25NO3/c1-16-9-10-20(18(3)13-16)14-23(4)21(24)15-26-22(25)12-11-19-8-6-5-7-17(19)2/h5-13H,14-15H2,1-4H3/b12-11+.